The number of carbonyl (C=O) groups excluding carboxylic acids is 1. The molecule has 5 heterocycles. The van der Waals surface area contributed by atoms with Crippen LogP contribution in [0.5, 0.6) is 0 Å². The first-order valence-corrected chi connectivity index (χ1v) is 18.2. The van der Waals surface area contributed by atoms with Crippen molar-refractivity contribution in [3.05, 3.63) is 11.6 Å². The number of hydrogen-bond donors (Lipinski definition) is 2. The second kappa shape index (κ2) is 14.0. The molecule has 0 aliphatic carbocycles. The highest BCUT2D eigenvalue weighted by Gasteiger charge is 2.65. The van der Waals surface area contributed by atoms with Crippen molar-refractivity contribution in [2.24, 2.45) is 17.8 Å². The van der Waals surface area contributed by atoms with Crippen molar-refractivity contribution in [3.8, 4) is 0 Å². The minimum absolute atomic E-state index is 0.0864. The molecule has 17 atom stereocenters. The van der Waals surface area contributed by atoms with E-state index in [-0.39, 0.29) is 24.5 Å². The molecule has 0 aromatic rings. The molecule has 0 amide bonds. The summed E-state index contributed by atoms with van der Waals surface area (Å²) in [5, 5.41) is 22.5. The lowest BCUT2D eigenvalue weighted by Gasteiger charge is -2.49. The molecule has 282 valence electrons. The van der Waals surface area contributed by atoms with Crippen LogP contribution in [0.3, 0.4) is 0 Å². The summed E-state index contributed by atoms with van der Waals surface area (Å²) in [6, 6.07) is -0.191. The molecule has 49 heavy (non-hydrogen) atoms. The summed E-state index contributed by atoms with van der Waals surface area (Å²) in [4.78, 5) is 16.2. The Hall–Kier alpha value is -1.19. The maximum atomic E-state index is 14.2. The van der Waals surface area contributed by atoms with Crippen LogP contribution in [0, 0.1) is 17.8 Å². The number of carbonyl (C=O) groups is 1. The summed E-state index contributed by atoms with van der Waals surface area (Å²) >= 11 is 0. The quantitative estimate of drug-likeness (QED) is 0.295. The molecule has 0 saturated carbocycles. The lowest BCUT2D eigenvalue weighted by Crippen LogP contribution is -2.61. The van der Waals surface area contributed by atoms with Gasteiger partial charge in [0.2, 0.25) is 0 Å². The summed E-state index contributed by atoms with van der Waals surface area (Å²) in [7, 11) is 5.44. The van der Waals surface area contributed by atoms with Gasteiger partial charge in [-0.25, -0.2) is 0 Å². The van der Waals surface area contributed by atoms with Gasteiger partial charge in [-0.2, -0.15) is 0 Å². The van der Waals surface area contributed by atoms with Gasteiger partial charge in [0.25, 0.3) is 0 Å². The first kappa shape index (κ1) is 39.0. The molecule has 4 fully saturated rings. The molecule has 5 aliphatic heterocycles. The van der Waals surface area contributed by atoms with Crippen LogP contribution in [0.15, 0.2) is 11.6 Å². The third-order valence-corrected chi connectivity index (χ3v) is 12.2. The molecule has 5 rings (SSSR count). The average molecular weight is 698 g/mol. The second-order valence-corrected chi connectivity index (χ2v) is 16.4. The van der Waals surface area contributed by atoms with Crippen LogP contribution in [-0.4, -0.2) is 126 Å². The van der Waals surface area contributed by atoms with E-state index in [1.807, 2.05) is 73.5 Å². The number of methoxy groups -OCH3 is 1. The first-order valence-electron chi connectivity index (χ1n) is 18.2. The number of likely N-dealkylation sites (N-methyl/N-ethyl adjacent to an activating group) is 1. The highest BCUT2D eigenvalue weighted by molar-refractivity contribution is 5.73. The number of nitrogens with zero attached hydrogens (tertiary/aromatic N) is 1. The molecule has 1 spiro atoms. The Morgan fingerprint density at radius 2 is 1.67 bits per heavy atom. The molecule has 1 unspecified atom stereocenters. The zero-order valence-electron chi connectivity index (χ0n) is 31.9. The van der Waals surface area contributed by atoms with E-state index in [0.29, 0.717) is 19.3 Å². The summed E-state index contributed by atoms with van der Waals surface area (Å²) in [5.41, 5.74) is -1.90. The molecule has 0 radical (unpaired) electrons. The number of aliphatic hydroxyl groups is 2. The highest BCUT2D eigenvalue weighted by atomic mass is 16.8. The molecular formula is C37H63NO11. The molecular weight excluding hydrogens is 634 g/mol. The van der Waals surface area contributed by atoms with Crippen molar-refractivity contribution in [2.45, 2.75) is 179 Å². The van der Waals surface area contributed by atoms with Gasteiger partial charge in [-0.15, -0.1) is 0 Å². The summed E-state index contributed by atoms with van der Waals surface area (Å²) in [6.07, 6.45) is -2.44. The molecule has 12 heteroatoms. The largest absolute Gasteiger partial charge is 0.459 e. The van der Waals surface area contributed by atoms with Crippen molar-refractivity contribution in [2.75, 3.05) is 21.2 Å². The van der Waals surface area contributed by atoms with Gasteiger partial charge in [0.05, 0.1) is 41.5 Å². The van der Waals surface area contributed by atoms with Gasteiger partial charge in [-0.05, 0) is 93.5 Å². The van der Waals surface area contributed by atoms with E-state index in [9.17, 15) is 15.0 Å². The van der Waals surface area contributed by atoms with Gasteiger partial charge in [0.1, 0.15) is 23.9 Å². The molecule has 0 aromatic carbocycles. The number of esters is 1. The third kappa shape index (κ3) is 6.89. The molecule has 0 aromatic heterocycles. The standard InChI is InChI=1S/C37H63NO11/c1-14-26-34(8)16-19(2)37(48-34)20(3)17-36(10,49-37)31(47-33-28(39)25(38(11)12)15-21(4)43-33)22(5)29(23(6)32(41)45-26)46-27-18-35(9,42-13)30(40)24(7)44-27/h16,20-31,33,39-40H,14-15,17-18H2,1-13H3/t20-,21-,22+,23-,24+,25+,26-,27+,28-,29+,30+,31?,33+,34+,35-,36+,37-/m1/s1. The fourth-order valence-electron chi connectivity index (χ4n) is 9.37. The van der Waals surface area contributed by atoms with Crippen LogP contribution in [0.2, 0.25) is 0 Å². The Bertz CT molecular complexity index is 1230. The molecule has 2 N–H and O–H groups in total. The lowest BCUT2D eigenvalue weighted by molar-refractivity contribution is -0.337. The Kier molecular flexibility index (Phi) is 11.1. The van der Waals surface area contributed by atoms with Crippen LogP contribution < -0.4 is 0 Å². The monoisotopic (exact) mass is 697 g/mol. The normalized spacial score (nSPS) is 52.4. The zero-order chi connectivity index (χ0) is 36.4. The minimum Gasteiger partial charge on any atom is -0.459 e. The van der Waals surface area contributed by atoms with Gasteiger partial charge < -0.3 is 53.0 Å². The van der Waals surface area contributed by atoms with Crippen LogP contribution in [0.25, 0.3) is 0 Å². The van der Waals surface area contributed by atoms with Crippen molar-refractivity contribution >= 4 is 5.97 Å². The summed E-state index contributed by atoms with van der Waals surface area (Å²) in [5.74, 6) is -2.88. The van der Waals surface area contributed by atoms with Gasteiger partial charge in [-0.1, -0.05) is 20.8 Å². The first-order chi connectivity index (χ1) is 22.7. The van der Waals surface area contributed by atoms with E-state index in [1.54, 1.807) is 21.0 Å². The number of cyclic esters (lactones) is 1. The van der Waals surface area contributed by atoms with Gasteiger partial charge in [0, 0.05) is 31.4 Å². The lowest BCUT2D eigenvalue weighted by atomic mass is 9.78. The van der Waals surface area contributed by atoms with Crippen LogP contribution >= 0.6 is 0 Å². The average Bonchev–Trinajstić information content (AvgIpc) is 3.45. The third-order valence-electron chi connectivity index (χ3n) is 12.2. The van der Waals surface area contributed by atoms with E-state index >= 15 is 0 Å². The summed E-state index contributed by atoms with van der Waals surface area (Å²) in [6.45, 7) is 19.4. The van der Waals surface area contributed by atoms with E-state index in [1.165, 1.54) is 0 Å². The predicted molar refractivity (Wildman–Crippen MR) is 180 cm³/mol. The second-order valence-electron chi connectivity index (χ2n) is 16.4. The fraction of sp³-hybridized carbons (Fsp3) is 0.919. The maximum absolute atomic E-state index is 14.2. The van der Waals surface area contributed by atoms with Crippen molar-refractivity contribution in [1.29, 1.82) is 0 Å². The van der Waals surface area contributed by atoms with Crippen molar-refractivity contribution < 1.29 is 52.9 Å². The molecule has 3 bridgehead atoms. The maximum Gasteiger partial charge on any atom is 0.311 e. The Morgan fingerprint density at radius 3 is 2.29 bits per heavy atom. The topological polar surface area (TPSA) is 135 Å². The SMILES string of the molecule is CC[C@H]1OC(=O)[C@H](C)[C@@H](O[C@H]2C[C@@](C)(OC)[C@@H](O)[C@H](C)O2)[C@H](C)C(O[C@@H]2O[C@H](C)C[C@H](N(C)C)[C@H]2O)[C@]2(C)C[C@@H](C)[C@@]3(O2)O[C@@]1(C)C=C3C. The number of ether oxygens (including phenoxy) is 8. The van der Waals surface area contributed by atoms with Crippen LogP contribution in [0.1, 0.15) is 94.9 Å². The predicted octanol–water partition coefficient (Wildman–Crippen LogP) is 3.94. The number of hydrogen-bond acceptors (Lipinski definition) is 12. The smallest absolute Gasteiger partial charge is 0.311 e. The van der Waals surface area contributed by atoms with Crippen LogP contribution in [0.4, 0.5) is 0 Å². The Balaban J connectivity index is 1.60. The Morgan fingerprint density at radius 1 is 1.00 bits per heavy atom. The molecule has 12 nitrogen and oxygen atoms in total. The van der Waals surface area contributed by atoms with Crippen molar-refractivity contribution in [1.82, 2.24) is 4.90 Å². The van der Waals surface area contributed by atoms with Gasteiger partial charge in [-0.3, -0.25) is 4.79 Å². The van der Waals surface area contributed by atoms with Gasteiger partial charge >= 0.3 is 5.97 Å². The number of aliphatic hydroxyl groups excluding tert-OH is 2. The van der Waals surface area contributed by atoms with E-state index in [2.05, 4.69) is 6.92 Å². The fourth-order valence-corrected chi connectivity index (χ4v) is 9.37. The molecule has 5 aliphatic rings. The van der Waals surface area contributed by atoms with Gasteiger partial charge in [0.15, 0.2) is 18.4 Å². The highest BCUT2D eigenvalue weighted by Crippen LogP contribution is 2.56. The number of rotatable bonds is 7. The van der Waals surface area contributed by atoms with E-state index < -0.39 is 89.6 Å². The number of fused-ring (bicyclic) bond motifs is 2. The molecule has 4 saturated heterocycles. The summed E-state index contributed by atoms with van der Waals surface area (Å²) < 4.78 is 52.5. The van der Waals surface area contributed by atoms with E-state index in [0.717, 1.165) is 5.57 Å². The van der Waals surface area contributed by atoms with E-state index in [4.69, 9.17) is 37.9 Å². The zero-order valence-corrected chi connectivity index (χ0v) is 31.9. The van der Waals surface area contributed by atoms with Crippen molar-refractivity contribution in [3.63, 3.8) is 0 Å². The minimum atomic E-state index is -1.07. The van der Waals surface area contributed by atoms with Crippen LogP contribution in [-0.2, 0) is 42.7 Å². The Labute approximate surface area is 293 Å².